The predicted octanol–water partition coefficient (Wildman–Crippen LogP) is 3.19. The molecule has 0 saturated carbocycles. The highest BCUT2D eigenvalue weighted by molar-refractivity contribution is 5.37. The molecule has 0 bridgehead atoms. The maximum atomic E-state index is 3.01. The van der Waals surface area contributed by atoms with Gasteiger partial charge in [0.25, 0.3) is 0 Å². The van der Waals surface area contributed by atoms with E-state index in [1.807, 2.05) is 13.2 Å². The molecular formula is C13H19N. The Morgan fingerprint density at radius 3 is 2.86 bits per heavy atom. The molecule has 1 aliphatic carbocycles. The van der Waals surface area contributed by atoms with Gasteiger partial charge in [0, 0.05) is 13.0 Å². The lowest BCUT2D eigenvalue weighted by molar-refractivity contribution is 0.776. The zero-order valence-corrected chi connectivity index (χ0v) is 9.25. The van der Waals surface area contributed by atoms with Crippen molar-refractivity contribution >= 4 is 0 Å². The fraction of sp³-hybridized carbons (Fsp3) is 0.385. The summed E-state index contributed by atoms with van der Waals surface area (Å²) in [5.41, 5.74) is 2.77. The lowest BCUT2D eigenvalue weighted by atomic mass is 9.89. The Morgan fingerprint density at radius 2 is 2.21 bits per heavy atom. The minimum absolute atomic E-state index is 0.551. The van der Waals surface area contributed by atoms with E-state index in [0.717, 1.165) is 6.42 Å². The second kappa shape index (κ2) is 5.48. The van der Waals surface area contributed by atoms with Gasteiger partial charge in [0.05, 0.1) is 0 Å². The molecule has 0 heterocycles. The Labute approximate surface area is 86.9 Å². The van der Waals surface area contributed by atoms with Gasteiger partial charge in [-0.2, -0.15) is 0 Å². The van der Waals surface area contributed by atoms with E-state index in [4.69, 9.17) is 0 Å². The monoisotopic (exact) mass is 189 g/mol. The van der Waals surface area contributed by atoms with Crippen molar-refractivity contribution in [3.8, 4) is 0 Å². The Bertz CT molecular complexity index is 292. The average molecular weight is 189 g/mol. The van der Waals surface area contributed by atoms with Crippen LogP contribution in [0.25, 0.3) is 0 Å². The molecule has 0 aliphatic heterocycles. The normalized spacial score (nSPS) is 24.4. The third-order valence-electron chi connectivity index (χ3n) is 2.44. The topological polar surface area (TPSA) is 12.0 Å². The second-order valence-electron chi connectivity index (χ2n) is 3.57. The highest BCUT2D eigenvalue weighted by Crippen LogP contribution is 2.25. The van der Waals surface area contributed by atoms with Gasteiger partial charge >= 0.3 is 0 Å². The van der Waals surface area contributed by atoms with Crippen LogP contribution in [0.5, 0.6) is 0 Å². The lowest BCUT2D eigenvalue weighted by Crippen LogP contribution is -2.03. The van der Waals surface area contributed by atoms with Gasteiger partial charge in [-0.05, 0) is 32.0 Å². The van der Waals surface area contributed by atoms with Gasteiger partial charge in [-0.1, -0.05) is 36.0 Å². The first-order valence-corrected chi connectivity index (χ1v) is 5.13. The summed E-state index contributed by atoms with van der Waals surface area (Å²) in [5.74, 6) is 0.551. The quantitative estimate of drug-likeness (QED) is 0.719. The molecule has 1 N–H and O–H groups in total. The second-order valence-corrected chi connectivity index (χ2v) is 3.57. The SMILES string of the molecule is C/C=C1/C=CC(C)=CC1C/C=C/NC. The molecule has 14 heavy (non-hydrogen) atoms. The van der Waals surface area contributed by atoms with Gasteiger partial charge in [-0.15, -0.1) is 0 Å². The zero-order valence-electron chi connectivity index (χ0n) is 9.25. The van der Waals surface area contributed by atoms with Crippen molar-refractivity contribution < 1.29 is 0 Å². The fourth-order valence-corrected chi connectivity index (χ4v) is 1.67. The van der Waals surface area contributed by atoms with Crippen LogP contribution in [0, 0.1) is 5.92 Å². The standard InChI is InChI=1S/C13H19N/c1-4-12-8-7-11(2)10-13(12)6-5-9-14-3/h4-5,7-10,13-14H,6H2,1-3H3/b9-5+,12-4-. The van der Waals surface area contributed by atoms with Crippen molar-refractivity contribution in [3.05, 3.63) is 47.7 Å². The van der Waals surface area contributed by atoms with Gasteiger partial charge in [-0.25, -0.2) is 0 Å². The van der Waals surface area contributed by atoms with E-state index < -0.39 is 0 Å². The van der Waals surface area contributed by atoms with Gasteiger partial charge in [0.2, 0.25) is 0 Å². The van der Waals surface area contributed by atoms with E-state index in [1.54, 1.807) is 0 Å². The number of hydrogen-bond donors (Lipinski definition) is 1. The largest absolute Gasteiger partial charge is 0.394 e. The van der Waals surface area contributed by atoms with Crippen LogP contribution in [-0.4, -0.2) is 7.05 Å². The van der Waals surface area contributed by atoms with Crippen LogP contribution >= 0.6 is 0 Å². The molecule has 1 nitrogen and oxygen atoms in total. The zero-order chi connectivity index (χ0) is 10.4. The molecule has 76 valence electrons. The Hall–Kier alpha value is -1.24. The van der Waals surface area contributed by atoms with E-state index in [2.05, 4.69) is 49.5 Å². The van der Waals surface area contributed by atoms with E-state index in [-0.39, 0.29) is 0 Å². The smallest absolute Gasteiger partial charge is 0.00555 e. The van der Waals surface area contributed by atoms with E-state index in [0.29, 0.717) is 5.92 Å². The summed E-state index contributed by atoms with van der Waals surface area (Å²) in [4.78, 5) is 0. The fourth-order valence-electron chi connectivity index (χ4n) is 1.67. The van der Waals surface area contributed by atoms with Crippen LogP contribution in [0.4, 0.5) is 0 Å². The highest BCUT2D eigenvalue weighted by atomic mass is 14.8. The molecule has 0 fully saturated rings. The van der Waals surface area contributed by atoms with E-state index in [9.17, 15) is 0 Å². The summed E-state index contributed by atoms with van der Waals surface area (Å²) < 4.78 is 0. The molecule has 0 aromatic heterocycles. The Morgan fingerprint density at radius 1 is 1.43 bits per heavy atom. The van der Waals surface area contributed by atoms with Gasteiger partial charge in [-0.3, -0.25) is 0 Å². The molecule has 0 saturated heterocycles. The van der Waals surface area contributed by atoms with E-state index >= 15 is 0 Å². The summed E-state index contributed by atoms with van der Waals surface area (Å²) >= 11 is 0. The molecule has 1 heteroatoms. The minimum Gasteiger partial charge on any atom is -0.394 e. The first kappa shape index (κ1) is 10.8. The third kappa shape index (κ3) is 2.91. The predicted molar refractivity (Wildman–Crippen MR) is 63.0 cm³/mol. The van der Waals surface area contributed by atoms with Crippen molar-refractivity contribution in [1.82, 2.24) is 5.32 Å². The van der Waals surface area contributed by atoms with Gasteiger partial charge in [0.15, 0.2) is 0 Å². The van der Waals surface area contributed by atoms with Crippen LogP contribution in [0.15, 0.2) is 47.7 Å². The maximum Gasteiger partial charge on any atom is 0.00555 e. The van der Waals surface area contributed by atoms with Crippen molar-refractivity contribution in [2.75, 3.05) is 7.05 Å². The summed E-state index contributed by atoms with van der Waals surface area (Å²) in [6.07, 6.45) is 14.2. The van der Waals surface area contributed by atoms with Crippen molar-refractivity contribution in [2.24, 2.45) is 5.92 Å². The van der Waals surface area contributed by atoms with Crippen LogP contribution in [0.3, 0.4) is 0 Å². The van der Waals surface area contributed by atoms with Crippen molar-refractivity contribution in [1.29, 1.82) is 0 Å². The van der Waals surface area contributed by atoms with Crippen molar-refractivity contribution in [3.63, 3.8) is 0 Å². The Kier molecular flexibility index (Phi) is 4.24. The molecular weight excluding hydrogens is 170 g/mol. The number of hydrogen-bond acceptors (Lipinski definition) is 1. The van der Waals surface area contributed by atoms with Crippen LogP contribution in [0.1, 0.15) is 20.3 Å². The molecule has 1 aliphatic rings. The van der Waals surface area contributed by atoms with Crippen LogP contribution in [0.2, 0.25) is 0 Å². The summed E-state index contributed by atoms with van der Waals surface area (Å²) in [7, 11) is 1.93. The number of nitrogens with one attached hydrogen (secondary N) is 1. The van der Waals surface area contributed by atoms with Gasteiger partial charge in [0.1, 0.15) is 0 Å². The molecule has 1 unspecified atom stereocenters. The molecule has 0 amide bonds. The van der Waals surface area contributed by atoms with E-state index in [1.165, 1.54) is 11.1 Å². The summed E-state index contributed by atoms with van der Waals surface area (Å²) in [6.45, 7) is 4.25. The first-order valence-electron chi connectivity index (χ1n) is 5.13. The molecule has 0 aromatic carbocycles. The highest BCUT2D eigenvalue weighted by Gasteiger charge is 2.10. The van der Waals surface area contributed by atoms with Crippen molar-refractivity contribution in [2.45, 2.75) is 20.3 Å². The van der Waals surface area contributed by atoms with Crippen LogP contribution in [-0.2, 0) is 0 Å². The average Bonchev–Trinajstić information content (AvgIpc) is 2.19. The molecule has 1 rings (SSSR count). The van der Waals surface area contributed by atoms with Crippen LogP contribution < -0.4 is 5.32 Å². The first-order chi connectivity index (χ1) is 6.77. The molecule has 0 aromatic rings. The van der Waals surface area contributed by atoms with Gasteiger partial charge < -0.3 is 5.32 Å². The third-order valence-corrected chi connectivity index (χ3v) is 2.44. The minimum atomic E-state index is 0.551. The number of rotatable bonds is 3. The summed E-state index contributed by atoms with van der Waals surface area (Å²) in [5, 5.41) is 3.01. The molecule has 0 spiro atoms. The molecule has 0 radical (unpaired) electrons. The Balaban J connectivity index is 2.65. The maximum absolute atomic E-state index is 3.01. The lowest BCUT2D eigenvalue weighted by Gasteiger charge is -2.16. The summed E-state index contributed by atoms with van der Waals surface area (Å²) in [6, 6.07) is 0. The molecule has 1 atom stereocenters. The number of allylic oxidation sites excluding steroid dienone is 7.